The lowest BCUT2D eigenvalue weighted by Gasteiger charge is -2.29. The first-order valence-electron chi connectivity index (χ1n) is 13.4. The zero-order valence-electron chi connectivity index (χ0n) is 21.9. The molecule has 1 amide bonds. The minimum atomic E-state index is -3.68. The fourth-order valence-corrected chi connectivity index (χ4v) is 6.93. The topological polar surface area (TPSA) is 84.3 Å². The van der Waals surface area contributed by atoms with Gasteiger partial charge in [-0.25, -0.2) is 18.1 Å². The molecule has 1 saturated carbocycles. The lowest BCUT2D eigenvalue weighted by molar-refractivity contribution is -0.120. The second kappa shape index (κ2) is 10.4. The normalized spacial score (nSPS) is 20.3. The molecule has 0 aliphatic heterocycles. The third kappa shape index (κ3) is 5.27. The molecule has 1 fully saturated rings. The Morgan fingerprint density at radius 3 is 2.51 bits per heavy atom. The van der Waals surface area contributed by atoms with Crippen LogP contribution in [0.1, 0.15) is 53.7 Å². The Hall–Kier alpha value is -3.75. The van der Waals surface area contributed by atoms with E-state index in [0.29, 0.717) is 13.0 Å². The summed E-state index contributed by atoms with van der Waals surface area (Å²) in [6, 6.07) is 24.4. The van der Waals surface area contributed by atoms with E-state index in [9.17, 15) is 13.2 Å². The molecule has 2 aliphatic rings. The number of hydrogen-bond donors (Lipinski definition) is 1. The smallest absolute Gasteiger partial charge is 0.241 e. The van der Waals surface area contributed by atoms with E-state index in [1.165, 1.54) is 5.56 Å². The molecule has 0 saturated heterocycles. The van der Waals surface area contributed by atoms with Crippen LogP contribution in [-0.4, -0.2) is 23.9 Å². The number of rotatable bonds is 8. The zero-order chi connectivity index (χ0) is 27.0. The molecule has 200 valence electrons. The molecule has 4 aromatic rings. The van der Waals surface area contributed by atoms with Gasteiger partial charge in [-0.1, -0.05) is 54.6 Å². The summed E-state index contributed by atoms with van der Waals surface area (Å²) in [7, 11) is -1.76. The van der Waals surface area contributed by atoms with E-state index in [-0.39, 0.29) is 28.7 Å². The maximum absolute atomic E-state index is 14.0. The molecule has 39 heavy (non-hydrogen) atoms. The SMILES string of the molecule is Cn1ccnc1CN(C(=O)[C@H]1C[C@H]1c1ccccc1)c1ccc2c(c1)[C@H](NS(=O)(=O)c1ccccc1)CCC2. The molecule has 1 N–H and O–H groups in total. The van der Waals surface area contributed by atoms with E-state index in [1.54, 1.807) is 36.5 Å². The highest BCUT2D eigenvalue weighted by atomic mass is 32.2. The highest BCUT2D eigenvalue weighted by Crippen LogP contribution is 2.49. The fourth-order valence-electron chi connectivity index (χ4n) is 5.66. The van der Waals surface area contributed by atoms with E-state index in [1.807, 2.05) is 59.1 Å². The van der Waals surface area contributed by atoms with Gasteiger partial charge in [0.1, 0.15) is 5.82 Å². The molecule has 8 heteroatoms. The lowest BCUT2D eigenvalue weighted by atomic mass is 9.87. The average Bonchev–Trinajstić information content (AvgIpc) is 3.67. The van der Waals surface area contributed by atoms with Crippen LogP contribution >= 0.6 is 0 Å². The van der Waals surface area contributed by atoms with Gasteiger partial charge in [0.15, 0.2) is 0 Å². The van der Waals surface area contributed by atoms with Crippen LogP contribution in [0.15, 0.2) is 96.2 Å². The molecule has 1 aromatic heterocycles. The number of amides is 1. The van der Waals surface area contributed by atoms with Crippen molar-refractivity contribution in [2.24, 2.45) is 13.0 Å². The van der Waals surface area contributed by atoms with Gasteiger partial charge in [0.25, 0.3) is 0 Å². The molecule has 0 bridgehead atoms. The number of benzene rings is 3. The van der Waals surface area contributed by atoms with Crippen LogP contribution in [0, 0.1) is 5.92 Å². The van der Waals surface area contributed by atoms with Gasteiger partial charge in [-0.2, -0.15) is 0 Å². The number of fused-ring (bicyclic) bond motifs is 1. The molecule has 1 heterocycles. The van der Waals surface area contributed by atoms with Crippen molar-refractivity contribution in [3.05, 3.63) is 114 Å². The largest absolute Gasteiger partial charge is 0.337 e. The van der Waals surface area contributed by atoms with Gasteiger partial charge in [-0.3, -0.25) is 4.79 Å². The number of carbonyl (C=O) groups excluding carboxylic acids is 1. The standard InChI is InChI=1S/C31H32N4O3S/c1-34-18-17-32-30(34)21-35(31(36)28-20-26(28)22-9-4-2-5-10-22)24-16-15-23-11-8-14-29(27(23)19-24)33-39(37,38)25-12-6-3-7-13-25/h2-7,9-10,12-13,15-19,26,28-29,33H,8,11,14,20-21H2,1H3/t26-,28-,29+/m0/s1. The van der Waals surface area contributed by atoms with Gasteiger partial charge in [0.05, 0.1) is 11.4 Å². The summed E-state index contributed by atoms with van der Waals surface area (Å²) in [5.74, 6) is 0.991. The number of aryl methyl sites for hydroxylation is 2. The summed E-state index contributed by atoms with van der Waals surface area (Å²) in [5, 5.41) is 0. The lowest BCUT2D eigenvalue weighted by Crippen LogP contribution is -2.34. The number of aromatic nitrogens is 2. The second-order valence-corrected chi connectivity index (χ2v) is 12.2. The fraction of sp³-hybridized carbons (Fsp3) is 0.290. The van der Waals surface area contributed by atoms with Gasteiger partial charge in [0, 0.05) is 37.1 Å². The first-order valence-corrected chi connectivity index (χ1v) is 14.9. The zero-order valence-corrected chi connectivity index (χ0v) is 22.7. The highest BCUT2D eigenvalue weighted by molar-refractivity contribution is 7.89. The van der Waals surface area contributed by atoms with Crippen molar-refractivity contribution in [2.75, 3.05) is 4.90 Å². The van der Waals surface area contributed by atoms with E-state index >= 15 is 0 Å². The molecular weight excluding hydrogens is 508 g/mol. The van der Waals surface area contributed by atoms with Crippen LogP contribution < -0.4 is 9.62 Å². The van der Waals surface area contributed by atoms with Crippen LogP contribution in [0.4, 0.5) is 5.69 Å². The maximum Gasteiger partial charge on any atom is 0.241 e. The monoisotopic (exact) mass is 540 g/mol. The number of hydrogen-bond acceptors (Lipinski definition) is 4. The molecule has 0 radical (unpaired) electrons. The van der Waals surface area contributed by atoms with Gasteiger partial charge >= 0.3 is 0 Å². The first kappa shape index (κ1) is 25.5. The quantitative estimate of drug-likeness (QED) is 0.337. The Balaban J connectivity index is 1.32. The van der Waals surface area contributed by atoms with E-state index in [4.69, 9.17) is 0 Å². The van der Waals surface area contributed by atoms with Gasteiger partial charge in [-0.05, 0) is 72.6 Å². The van der Waals surface area contributed by atoms with Crippen LogP contribution in [0.25, 0.3) is 0 Å². The van der Waals surface area contributed by atoms with Crippen molar-refractivity contribution >= 4 is 21.6 Å². The minimum Gasteiger partial charge on any atom is -0.337 e. The summed E-state index contributed by atoms with van der Waals surface area (Å²) >= 11 is 0. The van der Waals surface area contributed by atoms with Gasteiger partial charge in [-0.15, -0.1) is 0 Å². The Bertz CT molecular complexity index is 1580. The summed E-state index contributed by atoms with van der Waals surface area (Å²) in [5.41, 5.74) is 4.01. The van der Waals surface area contributed by atoms with Crippen molar-refractivity contribution < 1.29 is 13.2 Å². The number of nitrogens with one attached hydrogen (secondary N) is 1. The number of imidazole rings is 1. The molecule has 2 aliphatic carbocycles. The predicted molar refractivity (Wildman–Crippen MR) is 151 cm³/mol. The number of anilines is 1. The summed E-state index contributed by atoms with van der Waals surface area (Å²) in [4.78, 5) is 20.5. The first-order chi connectivity index (χ1) is 18.9. The molecule has 0 unspecified atom stereocenters. The Kier molecular flexibility index (Phi) is 6.83. The van der Waals surface area contributed by atoms with Crippen molar-refractivity contribution in [3.8, 4) is 0 Å². The summed E-state index contributed by atoms with van der Waals surface area (Å²) in [6.45, 7) is 0.347. The Labute approximate surface area is 229 Å². The molecule has 3 atom stereocenters. The maximum atomic E-state index is 14.0. The molecular formula is C31H32N4O3S. The van der Waals surface area contributed by atoms with Crippen molar-refractivity contribution in [1.82, 2.24) is 14.3 Å². The second-order valence-electron chi connectivity index (χ2n) is 10.5. The molecule has 6 rings (SSSR count). The molecule has 7 nitrogen and oxygen atoms in total. The Morgan fingerprint density at radius 2 is 1.79 bits per heavy atom. The Morgan fingerprint density at radius 1 is 1.05 bits per heavy atom. The molecule has 3 aromatic carbocycles. The minimum absolute atomic E-state index is 0.0732. The van der Waals surface area contributed by atoms with Crippen molar-refractivity contribution in [2.45, 2.75) is 49.1 Å². The average molecular weight is 541 g/mol. The molecule has 0 spiro atoms. The van der Waals surface area contributed by atoms with E-state index in [2.05, 4.69) is 21.8 Å². The third-order valence-corrected chi connectivity index (χ3v) is 9.42. The van der Waals surface area contributed by atoms with Crippen LogP contribution in [0.2, 0.25) is 0 Å². The van der Waals surface area contributed by atoms with Crippen molar-refractivity contribution in [1.29, 1.82) is 0 Å². The van der Waals surface area contributed by atoms with Crippen LogP contribution in [0.5, 0.6) is 0 Å². The van der Waals surface area contributed by atoms with Gasteiger partial charge < -0.3 is 9.47 Å². The van der Waals surface area contributed by atoms with Crippen LogP contribution in [-0.2, 0) is 34.8 Å². The van der Waals surface area contributed by atoms with E-state index < -0.39 is 10.0 Å². The predicted octanol–water partition coefficient (Wildman–Crippen LogP) is 5.11. The summed E-state index contributed by atoms with van der Waals surface area (Å²) < 4.78 is 31.2. The van der Waals surface area contributed by atoms with Gasteiger partial charge in [0.2, 0.25) is 15.9 Å². The third-order valence-electron chi connectivity index (χ3n) is 7.93. The summed E-state index contributed by atoms with van der Waals surface area (Å²) in [6.07, 6.45) is 6.92. The number of nitrogens with zero attached hydrogens (tertiary/aromatic N) is 3. The van der Waals surface area contributed by atoms with E-state index in [0.717, 1.165) is 41.9 Å². The van der Waals surface area contributed by atoms with Crippen molar-refractivity contribution in [3.63, 3.8) is 0 Å². The number of carbonyl (C=O) groups is 1. The highest BCUT2D eigenvalue weighted by Gasteiger charge is 2.46. The van der Waals surface area contributed by atoms with Crippen LogP contribution in [0.3, 0.4) is 0 Å². The number of sulfonamides is 1.